The molecule has 0 saturated heterocycles. The van der Waals surface area contributed by atoms with E-state index in [2.05, 4.69) is 43.5 Å². The number of hydrogen-bond donors (Lipinski definition) is 0. The van der Waals surface area contributed by atoms with E-state index in [-0.39, 0.29) is 24.3 Å². The fourth-order valence-corrected chi connectivity index (χ4v) is 7.85. The molecule has 0 bridgehead atoms. The number of aromatic nitrogens is 1. The summed E-state index contributed by atoms with van der Waals surface area (Å²) in [5.74, 6) is 0.0548. The second-order valence-corrected chi connectivity index (χ2v) is 13.5. The van der Waals surface area contributed by atoms with Crippen LogP contribution in [0.5, 0.6) is 5.75 Å². The zero-order chi connectivity index (χ0) is 30.1. The lowest BCUT2D eigenvalue weighted by molar-refractivity contribution is -0.139. The number of rotatable bonds is 7. The van der Waals surface area contributed by atoms with Crippen LogP contribution in [0.25, 0.3) is 6.08 Å². The van der Waals surface area contributed by atoms with Crippen LogP contribution in [-0.4, -0.2) is 17.1 Å². The minimum absolute atomic E-state index is 0.182. The molecule has 0 N–H and O–H groups in total. The highest BCUT2D eigenvalue weighted by atomic mass is 127. The monoisotopic (exact) mass is 816 g/mol. The van der Waals surface area contributed by atoms with Gasteiger partial charge in [-0.25, -0.2) is 9.79 Å². The quantitative estimate of drug-likeness (QED) is 0.142. The highest BCUT2D eigenvalue weighted by Gasteiger charge is 2.34. The van der Waals surface area contributed by atoms with Gasteiger partial charge in [0.1, 0.15) is 18.4 Å². The van der Waals surface area contributed by atoms with E-state index in [0.29, 0.717) is 47.0 Å². The molecule has 216 valence electrons. The first-order valence-electron chi connectivity index (χ1n) is 12.6. The summed E-state index contributed by atoms with van der Waals surface area (Å²) in [5.41, 5.74) is 2.56. The van der Waals surface area contributed by atoms with Crippen LogP contribution >= 0.6 is 84.7 Å². The van der Waals surface area contributed by atoms with Crippen molar-refractivity contribution >= 4 is 96.7 Å². The fourth-order valence-electron chi connectivity index (χ4n) is 4.55. The van der Waals surface area contributed by atoms with Gasteiger partial charge in [-0.05, 0) is 84.0 Å². The number of hydrogen-bond acceptors (Lipinski definition) is 6. The predicted octanol–water partition coefficient (Wildman–Crippen LogP) is 7.70. The van der Waals surface area contributed by atoms with Crippen molar-refractivity contribution in [2.24, 2.45) is 4.99 Å². The van der Waals surface area contributed by atoms with E-state index in [0.717, 1.165) is 13.6 Å². The van der Waals surface area contributed by atoms with Gasteiger partial charge < -0.3 is 9.47 Å². The smallest absolute Gasteiger partial charge is 0.338 e. The third-order valence-corrected chi connectivity index (χ3v) is 9.73. The maximum atomic E-state index is 14.1. The van der Waals surface area contributed by atoms with E-state index in [1.54, 1.807) is 50.3 Å². The van der Waals surface area contributed by atoms with Crippen molar-refractivity contribution in [2.75, 3.05) is 6.61 Å². The number of thiazole rings is 1. The average Bonchev–Trinajstić information content (AvgIpc) is 3.23. The van der Waals surface area contributed by atoms with Gasteiger partial charge >= 0.3 is 5.97 Å². The van der Waals surface area contributed by atoms with Crippen molar-refractivity contribution in [3.63, 3.8) is 0 Å². The molecule has 0 spiro atoms. The largest absolute Gasteiger partial charge is 0.487 e. The molecule has 0 radical (unpaired) electrons. The molecule has 5 rings (SSSR count). The van der Waals surface area contributed by atoms with E-state index < -0.39 is 12.0 Å². The van der Waals surface area contributed by atoms with Gasteiger partial charge in [0.05, 0.1) is 36.0 Å². The first kappa shape index (κ1) is 31.3. The predicted molar refractivity (Wildman–Crippen MR) is 180 cm³/mol. The molecule has 1 aliphatic heterocycles. The zero-order valence-electron chi connectivity index (χ0n) is 22.1. The fraction of sp³-hybridized carbons (Fsp3) is 0.167. The Kier molecular flexibility index (Phi) is 9.86. The first-order chi connectivity index (χ1) is 20.1. The molecule has 4 aromatic rings. The summed E-state index contributed by atoms with van der Waals surface area (Å²) in [6.07, 6.45) is 1.77. The molecule has 1 aliphatic rings. The van der Waals surface area contributed by atoms with Gasteiger partial charge in [-0.15, -0.1) is 0 Å². The number of carbonyl (C=O) groups is 1. The number of halogens is 5. The number of benzene rings is 3. The van der Waals surface area contributed by atoms with E-state index in [4.69, 9.17) is 44.3 Å². The van der Waals surface area contributed by atoms with Crippen LogP contribution in [0.3, 0.4) is 0 Å². The Morgan fingerprint density at radius 3 is 2.60 bits per heavy atom. The third-order valence-electron chi connectivity index (χ3n) is 6.41. The van der Waals surface area contributed by atoms with Crippen molar-refractivity contribution in [1.29, 1.82) is 0 Å². The van der Waals surface area contributed by atoms with Crippen molar-refractivity contribution in [3.8, 4) is 5.75 Å². The summed E-state index contributed by atoms with van der Waals surface area (Å²) in [4.78, 5) is 32.3. The van der Waals surface area contributed by atoms with Crippen molar-refractivity contribution in [3.05, 3.63) is 125 Å². The van der Waals surface area contributed by atoms with E-state index in [1.807, 2.05) is 24.3 Å². The molecule has 1 atom stereocenters. The standard InChI is InChI=1S/C30H21BrCl3IN2O4S/c1-3-40-29(39)25-15(2)36-30-37(26(25)19-6-4-5-7-20(19)32)28(38)24(42-30)12-17-11-18(31)13-23(35)27(17)41-14-16-8-9-21(33)22(34)10-16/h4-13,26H,3,14H2,1-2H3/b24-12-/t26-/m1/s1. The van der Waals surface area contributed by atoms with Crippen LogP contribution in [0.1, 0.15) is 36.6 Å². The Hall–Kier alpha value is -2.15. The van der Waals surface area contributed by atoms with Crippen LogP contribution < -0.4 is 19.6 Å². The summed E-state index contributed by atoms with van der Waals surface area (Å²) in [5, 5.41) is 1.33. The van der Waals surface area contributed by atoms with E-state index in [1.165, 1.54) is 15.9 Å². The number of nitrogens with zero attached hydrogens (tertiary/aromatic N) is 2. The molecule has 0 saturated carbocycles. The molecule has 3 aromatic carbocycles. The number of fused-ring (bicyclic) bond motifs is 1. The Morgan fingerprint density at radius 2 is 1.88 bits per heavy atom. The first-order valence-corrected chi connectivity index (χ1v) is 16.4. The van der Waals surface area contributed by atoms with Gasteiger partial charge in [-0.3, -0.25) is 9.36 Å². The zero-order valence-corrected chi connectivity index (χ0v) is 28.9. The van der Waals surface area contributed by atoms with Crippen LogP contribution in [0.15, 0.2) is 80.1 Å². The molecule has 42 heavy (non-hydrogen) atoms. The molecular weight excluding hydrogens is 798 g/mol. The van der Waals surface area contributed by atoms with Crippen LogP contribution in [0.2, 0.25) is 15.1 Å². The Bertz CT molecular complexity index is 1940. The second-order valence-electron chi connectivity index (χ2n) is 9.17. The number of esters is 1. The second kappa shape index (κ2) is 13.2. The number of allylic oxidation sites excluding steroid dienone is 1. The van der Waals surface area contributed by atoms with Crippen LogP contribution in [0, 0.1) is 3.57 Å². The van der Waals surface area contributed by atoms with Crippen molar-refractivity contribution < 1.29 is 14.3 Å². The van der Waals surface area contributed by atoms with Crippen LogP contribution in [0.4, 0.5) is 0 Å². The summed E-state index contributed by atoms with van der Waals surface area (Å²) in [6, 6.07) is 15.5. The average molecular weight is 819 g/mol. The molecule has 0 aliphatic carbocycles. The summed E-state index contributed by atoms with van der Waals surface area (Å²) in [6.45, 7) is 3.89. The van der Waals surface area contributed by atoms with E-state index >= 15 is 0 Å². The topological polar surface area (TPSA) is 69.9 Å². The molecule has 2 heterocycles. The van der Waals surface area contributed by atoms with Gasteiger partial charge in [0, 0.05) is 15.1 Å². The maximum Gasteiger partial charge on any atom is 0.338 e. The van der Waals surface area contributed by atoms with Crippen molar-refractivity contribution in [1.82, 2.24) is 4.57 Å². The lowest BCUT2D eigenvalue weighted by atomic mass is 9.96. The Morgan fingerprint density at radius 1 is 1.12 bits per heavy atom. The Balaban J connectivity index is 1.65. The van der Waals surface area contributed by atoms with Gasteiger partial charge in [0.2, 0.25) is 0 Å². The van der Waals surface area contributed by atoms with Gasteiger partial charge in [0.15, 0.2) is 4.80 Å². The van der Waals surface area contributed by atoms with Crippen molar-refractivity contribution in [2.45, 2.75) is 26.5 Å². The molecule has 1 aromatic heterocycles. The number of carbonyl (C=O) groups excluding carboxylic acids is 1. The molecule has 12 heteroatoms. The lowest BCUT2D eigenvalue weighted by Crippen LogP contribution is -2.40. The highest BCUT2D eigenvalue weighted by Crippen LogP contribution is 2.35. The minimum Gasteiger partial charge on any atom is -0.487 e. The minimum atomic E-state index is -0.802. The third kappa shape index (κ3) is 6.37. The molecule has 6 nitrogen and oxygen atoms in total. The van der Waals surface area contributed by atoms with Crippen LogP contribution in [-0.2, 0) is 16.1 Å². The van der Waals surface area contributed by atoms with E-state index in [9.17, 15) is 9.59 Å². The molecule has 0 fully saturated rings. The molecule has 0 unspecified atom stereocenters. The van der Waals surface area contributed by atoms with Gasteiger partial charge in [0.25, 0.3) is 5.56 Å². The van der Waals surface area contributed by atoms with Gasteiger partial charge in [-0.1, -0.05) is 86.3 Å². The highest BCUT2D eigenvalue weighted by molar-refractivity contribution is 14.1. The SMILES string of the molecule is CCOC(=O)C1=C(C)N=c2s/c(=C\c3cc(Br)cc(I)c3OCc3ccc(Cl)c(Cl)c3)c(=O)n2[C@@H]1c1ccccc1Cl. The molecular formula is C30H21BrCl3IN2O4S. The Labute approximate surface area is 282 Å². The maximum absolute atomic E-state index is 14.1. The summed E-state index contributed by atoms with van der Waals surface area (Å²) < 4.78 is 15.2. The molecule has 0 amide bonds. The van der Waals surface area contributed by atoms with Gasteiger partial charge in [-0.2, -0.15) is 0 Å². The number of ether oxygens (including phenoxy) is 2. The summed E-state index contributed by atoms with van der Waals surface area (Å²) in [7, 11) is 0. The summed E-state index contributed by atoms with van der Waals surface area (Å²) >= 11 is 25.8. The normalized spacial score (nSPS) is 14.9. The lowest BCUT2D eigenvalue weighted by Gasteiger charge is -2.25.